The van der Waals surface area contributed by atoms with E-state index in [1.807, 2.05) is 23.6 Å². The molecule has 3 aromatic heterocycles. The van der Waals surface area contributed by atoms with Crippen LogP contribution in [0, 0.1) is 6.92 Å². The molecule has 9 heteroatoms. The van der Waals surface area contributed by atoms with Gasteiger partial charge in [-0.15, -0.1) is 22.7 Å². The highest BCUT2D eigenvalue weighted by Crippen LogP contribution is 2.31. The minimum Gasteiger partial charge on any atom is -0.302 e. The van der Waals surface area contributed by atoms with E-state index in [9.17, 15) is 9.59 Å². The molecule has 0 atom stereocenters. The van der Waals surface area contributed by atoms with E-state index in [2.05, 4.69) is 15.3 Å². The van der Waals surface area contributed by atoms with Crippen LogP contribution < -0.4 is 10.9 Å². The van der Waals surface area contributed by atoms with E-state index in [0.717, 1.165) is 5.56 Å². The van der Waals surface area contributed by atoms with Crippen LogP contribution in [0.3, 0.4) is 0 Å². The molecule has 0 bridgehead atoms. The van der Waals surface area contributed by atoms with E-state index in [-0.39, 0.29) is 11.5 Å². The second-order valence-corrected chi connectivity index (χ2v) is 8.13. The molecule has 0 spiro atoms. The van der Waals surface area contributed by atoms with Gasteiger partial charge in [0.05, 0.1) is 22.3 Å². The van der Waals surface area contributed by atoms with Gasteiger partial charge in [0.25, 0.3) is 11.5 Å². The number of aryl methyl sites for hydroxylation is 2. The Labute approximate surface area is 167 Å². The lowest BCUT2D eigenvalue weighted by Gasteiger charge is -2.01. The third kappa shape index (κ3) is 3.16. The number of amides is 1. The van der Waals surface area contributed by atoms with E-state index in [0.29, 0.717) is 36.5 Å². The molecule has 1 aromatic carbocycles. The number of carbonyl (C=O) groups is 1. The van der Waals surface area contributed by atoms with Gasteiger partial charge in [-0.1, -0.05) is 29.8 Å². The second-order valence-electron chi connectivity index (χ2n) is 5.87. The van der Waals surface area contributed by atoms with Gasteiger partial charge in [0.2, 0.25) is 0 Å². The SMILES string of the molecule is Cc1c(C(=O)Nc2nc(-c3ccccc3Cl)cs2)sc2ncn(C)c(=O)c12. The number of hydrogen-bond donors (Lipinski definition) is 1. The van der Waals surface area contributed by atoms with Crippen LogP contribution >= 0.6 is 34.3 Å². The molecule has 1 amide bonds. The maximum absolute atomic E-state index is 12.7. The average Bonchev–Trinajstić information content (AvgIpc) is 3.23. The van der Waals surface area contributed by atoms with Crippen LogP contribution in [0.1, 0.15) is 15.2 Å². The van der Waals surface area contributed by atoms with E-state index in [1.54, 1.807) is 20.0 Å². The molecule has 0 saturated heterocycles. The number of thiophene rings is 1. The van der Waals surface area contributed by atoms with E-state index >= 15 is 0 Å². The number of nitrogens with one attached hydrogen (secondary N) is 1. The van der Waals surface area contributed by atoms with Crippen molar-refractivity contribution < 1.29 is 4.79 Å². The zero-order chi connectivity index (χ0) is 19.1. The highest BCUT2D eigenvalue weighted by molar-refractivity contribution is 7.21. The lowest BCUT2D eigenvalue weighted by molar-refractivity contribution is 0.103. The molecule has 1 N–H and O–H groups in total. The predicted molar refractivity (Wildman–Crippen MR) is 110 cm³/mol. The Morgan fingerprint density at radius 1 is 1.30 bits per heavy atom. The lowest BCUT2D eigenvalue weighted by atomic mass is 10.2. The van der Waals surface area contributed by atoms with Crippen molar-refractivity contribution in [1.82, 2.24) is 14.5 Å². The quantitative estimate of drug-likeness (QED) is 0.539. The standard InChI is InChI=1S/C18H13ClN4O2S2/c1-9-13-16(20-8-23(2)17(13)25)27-14(9)15(24)22-18-21-12(7-26-18)10-5-3-4-6-11(10)19/h3-8H,1-2H3,(H,21,22,24). The number of aromatic nitrogens is 3. The van der Waals surface area contributed by atoms with Crippen LogP contribution in [0.2, 0.25) is 5.02 Å². The van der Waals surface area contributed by atoms with Gasteiger partial charge in [0, 0.05) is 23.0 Å². The summed E-state index contributed by atoms with van der Waals surface area (Å²) in [5.74, 6) is -0.308. The van der Waals surface area contributed by atoms with E-state index in [1.165, 1.54) is 33.6 Å². The number of carbonyl (C=O) groups excluding carboxylic acids is 1. The lowest BCUT2D eigenvalue weighted by Crippen LogP contribution is -2.17. The summed E-state index contributed by atoms with van der Waals surface area (Å²) in [6.07, 6.45) is 1.46. The zero-order valence-electron chi connectivity index (χ0n) is 14.3. The van der Waals surface area contributed by atoms with Gasteiger partial charge >= 0.3 is 0 Å². The van der Waals surface area contributed by atoms with Crippen molar-refractivity contribution in [3.05, 3.63) is 61.8 Å². The fraction of sp³-hybridized carbons (Fsp3) is 0.111. The van der Waals surface area contributed by atoms with E-state index < -0.39 is 0 Å². The molecule has 0 aliphatic rings. The molecule has 4 rings (SSSR count). The first-order valence-electron chi connectivity index (χ1n) is 7.92. The molecular weight excluding hydrogens is 404 g/mol. The van der Waals surface area contributed by atoms with Gasteiger partial charge in [-0.2, -0.15) is 0 Å². The summed E-state index contributed by atoms with van der Waals surface area (Å²) < 4.78 is 1.40. The molecule has 27 heavy (non-hydrogen) atoms. The van der Waals surface area contributed by atoms with Gasteiger partial charge in [-0.3, -0.25) is 14.9 Å². The van der Waals surface area contributed by atoms with Gasteiger partial charge in [0.1, 0.15) is 4.83 Å². The fourth-order valence-electron chi connectivity index (χ4n) is 2.70. The molecule has 0 aliphatic carbocycles. The number of thiazole rings is 1. The first-order valence-corrected chi connectivity index (χ1v) is 9.99. The Morgan fingerprint density at radius 2 is 2.07 bits per heavy atom. The smallest absolute Gasteiger partial charge is 0.267 e. The van der Waals surface area contributed by atoms with E-state index in [4.69, 9.17) is 11.6 Å². The highest BCUT2D eigenvalue weighted by Gasteiger charge is 2.20. The van der Waals surface area contributed by atoms with Crippen LogP contribution in [-0.4, -0.2) is 20.4 Å². The number of fused-ring (bicyclic) bond motifs is 1. The molecule has 3 heterocycles. The monoisotopic (exact) mass is 416 g/mol. The average molecular weight is 417 g/mol. The summed E-state index contributed by atoms with van der Waals surface area (Å²) >= 11 is 8.72. The maximum Gasteiger partial charge on any atom is 0.267 e. The van der Waals surface area contributed by atoms with Crippen molar-refractivity contribution in [3.8, 4) is 11.3 Å². The molecule has 6 nitrogen and oxygen atoms in total. The third-order valence-corrected chi connectivity index (χ3v) is 6.38. The summed E-state index contributed by atoms with van der Waals surface area (Å²) in [5, 5.41) is 6.19. The van der Waals surface area contributed by atoms with Crippen molar-refractivity contribution >= 4 is 55.5 Å². The Bertz CT molecular complexity index is 1240. The van der Waals surface area contributed by atoms with Gasteiger partial charge < -0.3 is 4.57 Å². The van der Waals surface area contributed by atoms with Crippen molar-refractivity contribution in [2.45, 2.75) is 6.92 Å². The Hall–Kier alpha value is -2.55. The summed E-state index contributed by atoms with van der Waals surface area (Å²) in [6.45, 7) is 1.76. The summed E-state index contributed by atoms with van der Waals surface area (Å²) in [7, 11) is 1.64. The Balaban J connectivity index is 1.65. The second kappa shape index (κ2) is 6.88. The Morgan fingerprint density at radius 3 is 2.85 bits per heavy atom. The highest BCUT2D eigenvalue weighted by atomic mass is 35.5. The maximum atomic E-state index is 12.7. The van der Waals surface area contributed by atoms with Crippen LogP contribution in [0.4, 0.5) is 5.13 Å². The molecule has 4 aromatic rings. The molecule has 0 radical (unpaired) electrons. The number of nitrogens with zero attached hydrogens (tertiary/aromatic N) is 3. The molecule has 0 unspecified atom stereocenters. The molecular formula is C18H13ClN4O2S2. The molecule has 0 fully saturated rings. The van der Waals surface area contributed by atoms with Crippen molar-refractivity contribution in [3.63, 3.8) is 0 Å². The first kappa shape index (κ1) is 17.8. The first-order chi connectivity index (χ1) is 13.0. The number of anilines is 1. The van der Waals surface area contributed by atoms with Crippen molar-refractivity contribution in [2.75, 3.05) is 5.32 Å². The summed E-state index contributed by atoms with van der Waals surface area (Å²) in [6, 6.07) is 7.40. The van der Waals surface area contributed by atoms with Gasteiger partial charge in [0.15, 0.2) is 5.13 Å². The number of hydrogen-bond acceptors (Lipinski definition) is 6. The Kier molecular flexibility index (Phi) is 4.55. The minimum absolute atomic E-state index is 0.164. The largest absolute Gasteiger partial charge is 0.302 e. The minimum atomic E-state index is -0.308. The van der Waals surface area contributed by atoms with Gasteiger partial charge in [-0.05, 0) is 18.6 Å². The number of benzene rings is 1. The van der Waals surface area contributed by atoms with Crippen LogP contribution in [0.5, 0.6) is 0 Å². The summed E-state index contributed by atoms with van der Waals surface area (Å²) in [5.41, 5.74) is 1.97. The topological polar surface area (TPSA) is 76.9 Å². The van der Waals surface area contributed by atoms with Crippen LogP contribution in [-0.2, 0) is 7.05 Å². The summed E-state index contributed by atoms with van der Waals surface area (Å²) in [4.78, 5) is 34.7. The predicted octanol–water partition coefficient (Wildman–Crippen LogP) is 4.33. The number of rotatable bonds is 3. The van der Waals surface area contributed by atoms with Crippen molar-refractivity contribution in [2.24, 2.45) is 7.05 Å². The molecule has 136 valence electrons. The van der Waals surface area contributed by atoms with Crippen LogP contribution in [0.15, 0.2) is 40.8 Å². The molecule has 0 saturated carbocycles. The van der Waals surface area contributed by atoms with Gasteiger partial charge in [-0.25, -0.2) is 9.97 Å². The number of halogens is 1. The zero-order valence-corrected chi connectivity index (χ0v) is 16.7. The van der Waals surface area contributed by atoms with Crippen LogP contribution in [0.25, 0.3) is 21.5 Å². The normalized spacial score (nSPS) is 11.1. The molecule has 0 aliphatic heterocycles. The third-order valence-electron chi connectivity index (χ3n) is 4.09. The van der Waals surface area contributed by atoms with Crippen molar-refractivity contribution in [1.29, 1.82) is 0 Å². The fourth-order valence-corrected chi connectivity index (χ4v) is 4.68.